The lowest BCUT2D eigenvalue weighted by molar-refractivity contribution is 0.0699. The molecular weight excluding hydrogens is 260 g/mol. The molecule has 1 aromatic carbocycles. The third kappa shape index (κ3) is 2.46. The molecule has 0 aliphatic heterocycles. The van der Waals surface area contributed by atoms with E-state index in [1.54, 1.807) is 12.1 Å². The molecule has 106 valence electrons. The van der Waals surface area contributed by atoms with Gasteiger partial charge in [-0.3, -0.25) is 4.57 Å². The van der Waals surface area contributed by atoms with Crippen molar-refractivity contribution in [2.24, 2.45) is 5.92 Å². The monoisotopic (exact) mass is 276 g/mol. The molecular formula is C14H16N2O4. The van der Waals surface area contributed by atoms with Gasteiger partial charge in [0.15, 0.2) is 0 Å². The minimum Gasteiger partial charge on any atom is -0.478 e. The molecule has 0 saturated heterocycles. The predicted octanol–water partition coefficient (Wildman–Crippen LogP) is 1.45. The van der Waals surface area contributed by atoms with E-state index in [0.29, 0.717) is 30.1 Å². The number of ether oxygens (including phenoxy) is 1. The fraction of sp³-hybridized carbons (Fsp3) is 0.429. The molecule has 0 amide bonds. The third-order valence-electron chi connectivity index (χ3n) is 3.55. The summed E-state index contributed by atoms with van der Waals surface area (Å²) in [7, 11) is 0. The Kier molecular flexibility index (Phi) is 3.31. The van der Waals surface area contributed by atoms with E-state index >= 15 is 0 Å². The van der Waals surface area contributed by atoms with Gasteiger partial charge in [0.2, 0.25) is 0 Å². The molecule has 20 heavy (non-hydrogen) atoms. The van der Waals surface area contributed by atoms with Crippen LogP contribution in [0.25, 0.3) is 11.0 Å². The van der Waals surface area contributed by atoms with Crippen LogP contribution in [0.5, 0.6) is 0 Å². The van der Waals surface area contributed by atoms with Gasteiger partial charge in [0.05, 0.1) is 29.7 Å². The van der Waals surface area contributed by atoms with Gasteiger partial charge in [-0.25, -0.2) is 9.59 Å². The largest absolute Gasteiger partial charge is 0.478 e. The van der Waals surface area contributed by atoms with Gasteiger partial charge in [-0.2, -0.15) is 0 Å². The minimum atomic E-state index is -1.05. The Bertz CT molecular complexity index is 697. The number of nitrogens with one attached hydrogen (secondary N) is 1. The second-order valence-corrected chi connectivity index (χ2v) is 5.10. The highest BCUT2D eigenvalue weighted by atomic mass is 16.5. The number of benzene rings is 1. The van der Waals surface area contributed by atoms with Gasteiger partial charge in [-0.1, -0.05) is 6.07 Å². The molecule has 1 heterocycles. The van der Waals surface area contributed by atoms with Crippen LogP contribution in [0.1, 0.15) is 23.2 Å². The number of imidazole rings is 1. The number of hydrogen-bond acceptors (Lipinski definition) is 3. The number of hydrogen-bond donors (Lipinski definition) is 2. The molecule has 0 bridgehead atoms. The van der Waals surface area contributed by atoms with Crippen LogP contribution in [0, 0.1) is 5.92 Å². The van der Waals surface area contributed by atoms with Crippen molar-refractivity contribution >= 4 is 17.0 Å². The summed E-state index contributed by atoms with van der Waals surface area (Å²) < 4.78 is 7.05. The maximum absolute atomic E-state index is 11.9. The molecule has 2 N–H and O–H groups in total. The van der Waals surface area contributed by atoms with Crippen molar-refractivity contribution in [3.8, 4) is 0 Å². The molecule has 6 heteroatoms. The summed E-state index contributed by atoms with van der Waals surface area (Å²) in [5.41, 5.74) is 0.776. The average Bonchev–Trinajstić information content (AvgIpc) is 3.18. The van der Waals surface area contributed by atoms with Crippen molar-refractivity contribution in [1.82, 2.24) is 9.55 Å². The van der Waals surface area contributed by atoms with Crippen LogP contribution in [-0.2, 0) is 11.3 Å². The SMILES string of the molecule is O=C(O)c1cccc2c1[nH]c(=O)n2CCOCC1CC1. The molecule has 6 nitrogen and oxygen atoms in total. The van der Waals surface area contributed by atoms with Crippen molar-refractivity contribution in [2.45, 2.75) is 19.4 Å². The van der Waals surface area contributed by atoms with E-state index in [1.165, 1.54) is 23.5 Å². The van der Waals surface area contributed by atoms with Gasteiger partial charge in [0.25, 0.3) is 0 Å². The number of carbonyl (C=O) groups is 1. The standard InChI is InChI=1S/C14H16N2O4/c17-13(18)10-2-1-3-11-12(10)15-14(19)16(11)6-7-20-8-9-4-5-9/h1-3,9H,4-8H2,(H,15,19)(H,17,18). The summed E-state index contributed by atoms with van der Waals surface area (Å²) in [6.07, 6.45) is 2.46. The Labute approximate surface area is 115 Å². The van der Waals surface area contributed by atoms with Crippen molar-refractivity contribution in [1.29, 1.82) is 0 Å². The smallest absolute Gasteiger partial charge is 0.337 e. The summed E-state index contributed by atoms with van der Waals surface area (Å²) in [6, 6.07) is 4.86. The van der Waals surface area contributed by atoms with E-state index in [0.717, 1.165) is 6.61 Å². The van der Waals surface area contributed by atoms with Gasteiger partial charge < -0.3 is 14.8 Å². The van der Waals surface area contributed by atoms with Crippen LogP contribution in [-0.4, -0.2) is 33.8 Å². The van der Waals surface area contributed by atoms with Gasteiger partial charge in [-0.05, 0) is 30.9 Å². The quantitative estimate of drug-likeness (QED) is 0.782. The average molecular weight is 276 g/mol. The van der Waals surface area contributed by atoms with Crippen molar-refractivity contribution < 1.29 is 14.6 Å². The number of H-pyrrole nitrogens is 1. The lowest BCUT2D eigenvalue weighted by Gasteiger charge is -2.05. The number of aromatic nitrogens is 2. The first-order valence-electron chi connectivity index (χ1n) is 6.69. The van der Waals surface area contributed by atoms with Crippen molar-refractivity contribution in [3.05, 3.63) is 34.2 Å². The van der Waals surface area contributed by atoms with E-state index in [1.807, 2.05) is 0 Å². The lowest BCUT2D eigenvalue weighted by Crippen LogP contribution is -2.19. The molecule has 1 aliphatic rings. The normalized spacial score (nSPS) is 14.8. The van der Waals surface area contributed by atoms with E-state index < -0.39 is 5.97 Å². The molecule has 0 unspecified atom stereocenters. The molecule has 0 radical (unpaired) electrons. The second-order valence-electron chi connectivity index (χ2n) is 5.10. The molecule has 0 atom stereocenters. The zero-order valence-electron chi connectivity index (χ0n) is 11.0. The number of para-hydroxylation sites is 1. The van der Waals surface area contributed by atoms with E-state index in [9.17, 15) is 9.59 Å². The van der Waals surface area contributed by atoms with E-state index in [4.69, 9.17) is 9.84 Å². The molecule has 3 rings (SSSR count). The summed E-state index contributed by atoms with van der Waals surface area (Å²) in [4.78, 5) is 25.6. The van der Waals surface area contributed by atoms with Gasteiger partial charge in [-0.15, -0.1) is 0 Å². The molecule has 1 aromatic heterocycles. The van der Waals surface area contributed by atoms with Crippen molar-refractivity contribution in [3.63, 3.8) is 0 Å². The highest BCUT2D eigenvalue weighted by Gasteiger charge is 2.21. The summed E-state index contributed by atoms with van der Waals surface area (Å²) in [5, 5.41) is 9.11. The van der Waals surface area contributed by atoms with Crippen molar-refractivity contribution in [2.75, 3.05) is 13.2 Å². The van der Waals surface area contributed by atoms with Crippen LogP contribution in [0.4, 0.5) is 0 Å². The second kappa shape index (κ2) is 5.13. The number of aromatic amines is 1. The van der Waals surface area contributed by atoms with E-state index in [-0.39, 0.29) is 11.3 Å². The summed E-state index contributed by atoms with van der Waals surface area (Å²) >= 11 is 0. The molecule has 1 fully saturated rings. The third-order valence-corrected chi connectivity index (χ3v) is 3.55. The molecule has 0 spiro atoms. The van der Waals surface area contributed by atoms with Crippen LogP contribution >= 0.6 is 0 Å². The lowest BCUT2D eigenvalue weighted by atomic mass is 10.2. The number of rotatable bonds is 6. The fourth-order valence-corrected chi connectivity index (χ4v) is 2.27. The van der Waals surface area contributed by atoms with Crippen LogP contribution in [0.2, 0.25) is 0 Å². The number of carboxylic acid groups (broad SMARTS) is 1. The molecule has 1 saturated carbocycles. The number of carboxylic acids is 1. The first-order chi connectivity index (χ1) is 9.66. The zero-order chi connectivity index (χ0) is 14.1. The minimum absolute atomic E-state index is 0.109. The summed E-state index contributed by atoms with van der Waals surface area (Å²) in [5.74, 6) is -0.359. The van der Waals surface area contributed by atoms with Crippen LogP contribution in [0.15, 0.2) is 23.0 Å². The number of aromatic carboxylic acids is 1. The Hall–Kier alpha value is -2.08. The topological polar surface area (TPSA) is 84.3 Å². The van der Waals surface area contributed by atoms with Gasteiger partial charge in [0, 0.05) is 6.61 Å². The maximum atomic E-state index is 11.9. The maximum Gasteiger partial charge on any atom is 0.337 e. The van der Waals surface area contributed by atoms with Crippen LogP contribution in [0.3, 0.4) is 0 Å². The molecule has 2 aromatic rings. The highest BCUT2D eigenvalue weighted by Crippen LogP contribution is 2.28. The Morgan fingerprint density at radius 2 is 2.25 bits per heavy atom. The van der Waals surface area contributed by atoms with Gasteiger partial charge in [0.1, 0.15) is 0 Å². The Morgan fingerprint density at radius 3 is 2.95 bits per heavy atom. The highest BCUT2D eigenvalue weighted by molar-refractivity contribution is 6.00. The fourth-order valence-electron chi connectivity index (χ4n) is 2.27. The Morgan fingerprint density at radius 1 is 1.45 bits per heavy atom. The molecule has 1 aliphatic carbocycles. The van der Waals surface area contributed by atoms with E-state index in [2.05, 4.69) is 4.98 Å². The Balaban J connectivity index is 1.82. The first-order valence-corrected chi connectivity index (χ1v) is 6.69. The first kappa shape index (κ1) is 12.9. The summed E-state index contributed by atoms with van der Waals surface area (Å²) in [6.45, 7) is 1.63. The predicted molar refractivity (Wildman–Crippen MR) is 73.1 cm³/mol. The van der Waals surface area contributed by atoms with Crippen LogP contribution < -0.4 is 5.69 Å². The van der Waals surface area contributed by atoms with Gasteiger partial charge >= 0.3 is 11.7 Å². The zero-order valence-corrected chi connectivity index (χ0v) is 11.0. The number of nitrogens with zero attached hydrogens (tertiary/aromatic N) is 1. The number of fused-ring (bicyclic) bond motifs is 1.